The smallest absolute Gasteiger partial charge is 0.241 e. The lowest BCUT2D eigenvalue weighted by Crippen LogP contribution is -2.47. The molecule has 1 aromatic carbocycles. The van der Waals surface area contributed by atoms with Crippen LogP contribution in [-0.4, -0.2) is 68.0 Å². The van der Waals surface area contributed by atoms with Gasteiger partial charge in [-0.15, -0.1) is 24.0 Å². The van der Waals surface area contributed by atoms with Crippen LogP contribution in [0.25, 0.3) is 0 Å². The average Bonchev–Trinajstić information content (AvgIpc) is 3.08. The van der Waals surface area contributed by atoms with Crippen molar-refractivity contribution in [1.29, 1.82) is 0 Å². The zero-order valence-electron chi connectivity index (χ0n) is 16.4. The fraction of sp³-hybridized carbons (Fsp3) is 0.579. The summed E-state index contributed by atoms with van der Waals surface area (Å²) in [5.41, 5.74) is 1.04. The highest BCUT2D eigenvalue weighted by Gasteiger charge is 2.22. The SMILES string of the molecule is CCN1CCCC1CNC(=NCc1cccc(Cl)c1)NCC(=O)N(C)C.I. The number of nitrogens with one attached hydrogen (secondary N) is 2. The lowest BCUT2D eigenvalue weighted by molar-refractivity contribution is -0.127. The van der Waals surface area contributed by atoms with Crippen molar-refractivity contribution in [3.63, 3.8) is 0 Å². The van der Waals surface area contributed by atoms with Crippen LogP contribution in [0.15, 0.2) is 29.3 Å². The van der Waals surface area contributed by atoms with Crippen molar-refractivity contribution >= 4 is 47.4 Å². The number of carbonyl (C=O) groups is 1. The summed E-state index contributed by atoms with van der Waals surface area (Å²) >= 11 is 6.04. The Hall–Kier alpha value is -1.06. The molecular formula is C19H31ClIN5O. The molecule has 6 nitrogen and oxygen atoms in total. The van der Waals surface area contributed by atoms with E-state index in [1.54, 1.807) is 19.0 Å². The minimum Gasteiger partial charge on any atom is -0.355 e. The van der Waals surface area contributed by atoms with E-state index in [9.17, 15) is 4.79 Å². The Balaban J connectivity index is 0.00000364. The monoisotopic (exact) mass is 507 g/mol. The van der Waals surface area contributed by atoms with Crippen molar-refractivity contribution in [2.24, 2.45) is 4.99 Å². The third-order valence-corrected chi connectivity index (χ3v) is 4.86. The number of hydrogen-bond acceptors (Lipinski definition) is 3. The first-order chi connectivity index (χ1) is 12.5. The molecular weight excluding hydrogens is 477 g/mol. The van der Waals surface area contributed by atoms with Crippen LogP contribution in [0.2, 0.25) is 5.02 Å². The number of likely N-dealkylation sites (N-methyl/N-ethyl adjacent to an activating group) is 2. The van der Waals surface area contributed by atoms with Gasteiger partial charge in [0.25, 0.3) is 0 Å². The molecule has 1 atom stereocenters. The second kappa shape index (κ2) is 12.4. The standard InChI is InChI=1S/C19H30ClN5O.HI/c1-4-25-10-6-9-17(25)13-22-19(23-14-18(26)24(2)3)21-12-15-7-5-8-16(20)11-15;/h5,7-8,11,17H,4,6,9-10,12-14H2,1-3H3,(H2,21,22,23);1H. The molecule has 1 saturated heterocycles. The number of likely N-dealkylation sites (tertiary alicyclic amines) is 1. The zero-order chi connectivity index (χ0) is 18.9. The Morgan fingerprint density at radius 2 is 2.15 bits per heavy atom. The van der Waals surface area contributed by atoms with E-state index in [0.717, 1.165) is 25.2 Å². The molecule has 1 unspecified atom stereocenters. The molecule has 0 spiro atoms. The largest absolute Gasteiger partial charge is 0.355 e. The van der Waals surface area contributed by atoms with Crippen molar-refractivity contribution in [1.82, 2.24) is 20.4 Å². The predicted molar refractivity (Wildman–Crippen MR) is 123 cm³/mol. The molecule has 2 N–H and O–H groups in total. The first-order valence-electron chi connectivity index (χ1n) is 9.20. The van der Waals surface area contributed by atoms with Crippen LogP contribution >= 0.6 is 35.6 Å². The maximum absolute atomic E-state index is 11.9. The molecule has 1 aromatic rings. The lowest BCUT2D eigenvalue weighted by Gasteiger charge is -2.24. The topological polar surface area (TPSA) is 60.0 Å². The molecule has 1 aliphatic heterocycles. The normalized spacial score (nSPS) is 17.3. The zero-order valence-corrected chi connectivity index (χ0v) is 19.5. The molecule has 0 aliphatic carbocycles. The minimum atomic E-state index is 0. The molecule has 8 heteroatoms. The minimum absolute atomic E-state index is 0. The Kier molecular flexibility index (Phi) is 11.0. The van der Waals surface area contributed by atoms with E-state index in [1.807, 2.05) is 24.3 Å². The maximum Gasteiger partial charge on any atom is 0.241 e. The van der Waals surface area contributed by atoms with Crippen molar-refractivity contribution in [2.45, 2.75) is 32.4 Å². The molecule has 27 heavy (non-hydrogen) atoms. The molecule has 1 heterocycles. The van der Waals surface area contributed by atoms with Crippen molar-refractivity contribution in [3.8, 4) is 0 Å². The number of carbonyl (C=O) groups excluding carboxylic acids is 1. The molecule has 1 aliphatic rings. The fourth-order valence-electron chi connectivity index (χ4n) is 3.05. The summed E-state index contributed by atoms with van der Waals surface area (Å²) in [6.45, 7) is 5.97. The van der Waals surface area contributed by atoms with Gasteiger partial charge in [0.1, 0.15) is 0 Å². The van der Waals surface area contributed by atoms with Gasteiger partial charge in [0.05, 0.1) is 13.1 Å². The number of aliphatic imine (C=N–C) groups is 1. The number of hydrogen-bond donors (Lipinski definition) is 2. The molecule has 0 aromatic heterocycles. The summed E-state index contributed by atoms with van der Waals surface area (Å²) in [7, 11) is 3.50. The number of rotatable bonds is 7. The number of nitrogens with zero attached hydrogens (tertiary/aromatic N) is 3. The van der Waals surface area contributed by atoms with Crippen molar-refractivity contribution in [2.75, 3.05) is 40.3 Å². The summed E-state index contributed by atoms with van der Waals surface area (Å²) in [6, 6.07) is 8.18. The second-order valence-electron chi connectivity index (χ2n) is 6.74. The van der Waals surface area contributed by atoms with Crippen LogP contribution in [0.4, 0.5) is 0 Å². The average molecular weight is 508 g/mol. The summed E-state index contributed by atoms with van der Waals surface area (Å²) in [6.07, 6.45) is 2.43. The number of halogens is 2. The van der Waals surface area contributed by atoms with Gasteiger partial charge in [-0.2, -0.15) is 0 Å². The first-order valence-corrected chi connectivity index (χ1v) is 9.58. The second-order valence-corrected chi connectivity index (χ2v) is 7.18. The Labute approximate surface area is 184 Å². The van der Waals surface area contributed by atoms with Gasteiger partial charge >= 0.3 is 0 Å². The molecule has 2 rings (SSSR count). The highest BCUT2D eigenvalue weighted by molar-refractivity contribution is 14.0. The number of guanidine groups is 1. The van der Waals surface area contributed by atoms with E-state index in [1.165, 1.54) is 12.8 Å². The van der Waals surface area contributed by atoms with E-state index in [2.05, 4.69) is 27.4 Å². The lowest BCUT2D eigenvalue weighted by atomic mass is 10.2. The van der Waals surface area contributed by atoms with Gasteiger partial charge < -0.3 is 15.5 Å². The Morgan fingerprint density at radius 3 is 2.81 bits per heavy atom. The summed E-state index contributed by atoms with van der Waals surface area (Å²) < 4.78 is 0. The molecule has 152 valence electrons. The highest BCUT2D eigenvalue weighted by atomic mass is 127. The number of amides is 1. The van der Waals surface area contributed by atoms with Crippen LogP contribution in [0.5, 0.6) is 0 Å². The molecule has 1 amide bonds. The summed E-state index contributed by atoms with van der Waals surface area (Å²) in [5.74, 6) is 0.668. The van der Waals surface area contributed by atoms with E-state index < -0.39 is 0 Å². The van der Waals surface area contributed by atoms with E-state index in [-0.39, 0.29) is 36.4 Å². The molecule has 0 radical (unpaired) electrons. The van der Waals surface area contributed by atoms with Crippen molar-refractivity contribution in [3.05, 3.63) is 34.9 Å². The Bertz CT molecular complexity index is 626. The van der Waals surface area contributed by atoms with Gasteiger partial charge in [0.15, 0.2) is 5.96 Å². The Morgan fingerprint density at radius 1 is 1.37 bits per heavy atom. The van der Waals surface area contributed by atoms with E-state index >= 15 is 0 Å². The van der Waals surface area contributed by atoms with Gasteiger partial charge in [-0.05, 0) is 43.6 Å². The number of benzene rings is 1. The molecule has 0 saturated carbocycles. The summed E-state index contributed by atoms with van der Waals surface area (Å²) in [4.78, 5) is 20.6. The van der Waals surface area contributed by atoms with E-state index in [0.29, 0.717) is 23.6 Å². The summed E-state index contributed by atoms with van der Waals surface area (Å²) in [5, 5.41) is 7.24. The fourth-order valence-corrected chi connectivity index (χ4v) is 3.27. The highest BCUT2D eigenvalue weighted by Crippen LogP contribution is 2.15. The van der Waals surface area contributed by atoms with Gasteiger partial charge in [0.2, 0.25) is 5.91 Å². The van der Waals surface area contributed by atoms with Crippen LogP contribution in [0, 0.1) is 0 Å². The predicted octanol–water partition coefficient (Wildman–Crippen LogP) is 2.57. The van der Waals surface area contributed by atoms with Crippen molar-refractivity contribution < 1.29 is 4.79 Å². The first kappa shape index (κ1) is 24.0. The quantitative estimate of drug-likeness (QED) is 0.338. The molecule has 1 fully saturated rings. The van der Waals surface area contributed by atoms with Gasteiger partial charge in [0, 0.05) is 31.7 Å². The van der Waals surface area contributed by atoms with Gasteiger partial charge in [-0.3, -0.25) is 9.69 Å². The third-order valence-electron chi connectivity index (χ3n) is 4.63. The molecule has 0 bridgehead atoms. The van der Waals surface area contributed by atoms with Gasteiger partial charge in [-0.25, -0.2) is 4.99 Å². The van der Waals surface area contributed by atoms with E-state index in [4.69, 9.17) is 11.6 Å². The third kappa shape index (κ3) is 8.23. The van der Waals surface area contributed by atoms with Crippen LogP contribution < -0.4 is 10.6 Å². The van der Waals surface area contributed by atoms with Crippen LogP contribution in [0.3, 0.4) is 0 Å². The maximum atomic E-state index is 11.9. The van der Waals surface area contributed by atoms with Gasteiger partial charge in [-0.1, -0.05) is 30.7 Å². The van der Waals surface area contributed by atoms with Crippen LogP contribution in [0.1, 0.15) is 25.3 Å². The van der Waals surface area contributed by atoms with Crippen LogP contribution in [-0.2, 0) is 11.3 Å².